The van der Waals surface area contributed by atoms with Crippen LogP contribution in [0.4, 0.5) is 11.4 Å². The van der Waals surface area contributed by atoms with E-state index in [2.05, 4.69) is 10.6 Å². The molecule has 1 aliphatic heterocycles. The summed E-state index contributed by atoms with van der Waals surface area (Å²) in [5.41, 5.74) is 1.46. The highest BCUT2D eigenvalue weighted by Crippen LogP contribution is 2.33. The van der Waals surface area contributed by atoms with Gasteiger partial charge in [-0.25, -0.2) is 8.42 Å². The average Bonchev–Trinajstić information content (AvgIpc) is 2.67. The molecule has 0 unspecified atom stereocenters. The first-order chi connectivity index (χ1) is 13.7. The molecule has 154 valence electrons. The van der Waals surface area contributed by atoms with Crippen LogP contribution in [-0.2, 0) is 19.6 Å². The van der Waals surface area contributed by atoms with Crippen LogP contribution in [0.15, 0.2) is 46.2 Å². The van der Waals surface area contributed by atoms with E-state index < -0.39 is 15.9 Å². The number of amides is 2. The third-order valence-corrected chi connectivity index (χ3v) is 6.99. The number of carbonyl (C=O) groups is 2. The summed E-state index contributed by atoms with van der Waals surface area (Å²) in [6, 6.07) is 10.2. The minimum absolute atomic E-state index is 0.0204. The second-order valence-corrected chi connectivity index (χ2v) is 9.38. The van der Waals surface area contributed by atoms with Crippen molar-refractivity contribution in [2.45, 2.75) is 16.7 Å². The van der Waals surface area contributed by atoms with Gasteiger partial charge in [0.15, 0.2) is 6.61 Å². The quantitative estimate of drug-likeness (QED) is 0.675. The van der Waals surface area contributed by atoms with Gasteiger partial charge >= 0.3 is 0 Å². The van der Waals surface area contributed by atoms with E-state index in [1.807, 2.05) is 24.5 Å². The summed E-state index contributed by atoms with van der Waals surface area (Å²) >= 11 is 1.54. The number of likely N-dealkylation sites (N-methyl/N-ethyl adjacent to an activating group) is 1. The zero-order valence-electron chi connectivity index (χ0n) is 16.2. The van der Waals surface area contributed by atoms with Crippen LogP contribution >= 0.6 is 11.8 Å². The van der Waals surface area contributed by atoms with Crippen molar-refractivity contribution < 1.29 is 22.7 Å². The second-order valence-electron chi connectivity index (χ2n) is 6.49. The van der Waals surface area contributed by atoms with Gasteiger partial charge in [0.05, 0.1) is 17.1 Å². The summed E-state index contributed by atoms with van der Waals surface area (Å²) in [6.45, 7) is 1.10. The smallest absolute Gasteiger partial charge is 0.262 e. The Labute approximate surface area is 173 Å². The Hall–Kier alpha value is -2.56. The van der Waals surface area contributed by atoms with Crippen LogP contribution in [0.1, 0.15) is 5.56 Å². The van der Waals surface area contributed by atoms with Crippen molar-refractivity contribution >= 4 is 45.0 Å². The zero-order chi connectivity index (χ0) is 21.2. The molecule has 0 saturated carbocycles. The van der Waals surface area contributed by atoms with E-state index in [0.29, 0.717) is 16.9 Å². The normalized spacial score (nSPS) is 13.4. The highest BCUT2D eigenvalue weighted by Gasteiger charge is 2.28. The Kier molecular flexibility index (Phi) is 6.15. The molecule has 0 fully saturated rings. The number of carbonyl (C=O) groups excluding carboxylic acids is 2. The van der Waals surface area contributed by atoms with Gasteiger partial charge in [0, 0.05) is 23.7 Å². The van der Waals surface area contributed by atoms with Crippen LogP contribution in [0.25, 0.3) is 0 Å². The van der Waals surface area contributed by atoms with E-state index in [9.17, 15) is 18.0 Å². The molecule has 1 aliphatic rings. The number of hydrogen-bond donors (Lipinski definition) is 2. The summed E-state index contributed by atoms with van der Waals surface area (Å²) < 4.78 is 32.3. The van der Waals surface area contributed by atoms with Crippen molar-refractivity contribution in [3.63, 3.8) is 0 Å². The molecule has 3 rings (SSSR count). The first-order valence-corrected chi connectivity index (χ1v) is 11.3. The van der Waals surface area contributed by atoms with E-state index in [1.165, 1.54) is 13.1 Å². The van der Waals surface area contributed by atoms with Gasteiger partial charge in [0.25, 0.3) is 5.91 Å². The fourth-order valence-electron chi connectivity index (χ4n) is 2.85. The third kappa shape index (κ3) is 4.72. The third-order valence-electron chi connectivity index (χ3n) is 4.32. The first kappa shape index (κ1) is 21.2. The van der Waals surface area contributed by atoms with Crippen LogP contribution in [-0.4, -0.2) is 51.0 Å². The highest BCUT2D eigenvalue weighted by atomic mass is 32.2. The Bertz CT molecular complexity index is 1070. The van der Waals surface area contributed by atoms with E-state index in [-0.39, 0.29) is 29.7 Å². The van der Waals surface area contributed by atoms with Gasteiger partial charge in [0.1, 0.15) is 5.75 Å². The molecule has 2 amide bonds. The molecule has 0 radical (unpaired) electrons. The largest absolute Gasteiger partial charge is 0.482 e. The SMILES string of the molecule is CSc1cccc(NC(=O)CN(C)S(=O)(=O)c2cc3c(cc2C)NC(=O)CO3)c1. The molecule has 0 atom stereocenters. The van der Waals surface area contributed by atoms with Crippen molar-refractivity contribution in [2.75, 3.05) is 37.1 Å². The molecule has 1 heterocycles. The maximum Gasteiger partial charge on any atom is 0.262 e. The number of rotatable bonds is 6. The number of nitrogens with zero attached hydrogens (tertiary/aromatic N) is 1. The van der Waals surface area contributed by atoms with Crippen LogP contribution < -0.4 is 15.4 Å². The number of aryl methyl sites for hydroxylation is 1. The fourth-order valence-corrected chi connectivity index (χ4v) is 4.65. The van der Waals surface area contributed by atoms with E-state index in [0.717, 1.165) is 9.20 Å². The van der Waals surface area contributed by atoms with E-state index in [4.69, 9.17) is 4.74 Å². The van der Waals surface area contributed by atoms with Crippen molar-refractivity contribution in [2.24, 2.45) is 0 Å². The first-order valence-electron chi connectivity index (χ1n) is 8.68. The number of nitrogens with one attached hydrogen (secondary N) is 2. The second kappa shape index (κ2) is 8.44. The van der Waals surface area contributed by atoms with Crippen molar-refractivity contribution in [1.29, 1.82) is 0 Å². The lowest BCUT2D eigenvalue weighted by Gasteiger charge is -2.22. The van der Waals surface area contributed by atoms with Gasteiger partial charge in [-0.15, -0.1) is 11.8 Å². The molecule has 0 bridgehead atoms. The predicted octanol–water partition coefficient (Wildman–Crippen LogP) is 2.31. The summed E-state index contributed by atoms with van der Waals surface area (Å²) in [5.74, 6) is -0.471. The average molecular weight is 436 g/mol. The molecule has 2 aromatic rings. The van der Waals surface area contributed by atoms with E-state index >= 15 is 0 Å². The summed E-state index contributed by atoms with van der Waals surface area (Å²) in [4.78, 5) is 24.8. The van der Waals surface area contributed by atoms with Crippen LogP contribution in [0.3, 0.4) is 0 Å². The lowest BCUT2D eigenvalue weighted by Crippen LogP contribution is -2.35. The predicted molar refractivity (Wildman–Crippen MR) is 112 cm³/mol. The van der Waals surface area contributed by atoms with Gasteiger partial charge in [-0.2, -0.15) is 4.31 Å². The maximum atomic E-state index is 13.0. The number of thioether (sulfide) groups is 1. The molecule has 2 aromatic carbocycles. The number of ether oxygens (including phenoxy) is 1. The monoisotopic (exact) mass is 435 g/mol. The number of benzene rings is 2. The minimum Gasteiger partial charge on any atom is -0.482 e. The van der Waals surface area contributed by atoms with Crippen LogP contribution in [0, 0.1) is 6.92 Å². The minimum atomic E-state index is -3.94. The van der Waals surface area contributed by atoms with Crippen LogP contribution in [0.2, 0.25) is 0 Å². The van der Waals surface area contributed by atoms with Crippen molar-refractivity contribution in [3.05, 3.63) is 42.0 Å². The lowest BCUT2D eigenvalue weighted by atomic mass is 10.2. The molecule has 0 spiro atoms. The fraction of sp³-hybridized carbons (Fsp3) is 0.263. The molecule has 10 heteroatoms. The number of anilines is 2. The number of sulfonamides is 1. The Balaban J connectivity index is 1.77. The zero-order valence-corrected chi connectivity index (χ0v) is 17.8. The van der Waals surface area contributed by atoms with Gasteiger partial charge in [0.2, 0.25) is 15.9 Å². The summed E-state index contributed by atoms with van der Waals surface area (Å²) in [7, 11) is -2.60. The lowest BCUT2D eigenvalue weighted by molar-refractivity contribution is -0.118. The molecular weight excluding hydrogens is 414 g/mol. The molecule has 0 saturated heterocycles. The molecule has 8 nitrogen and oxygen atoms in total. The number of hydrogen-bond acceptors (Lipinski definition) is 6. The van der Waals surface area contributed by atoms with Gasteiger partial charge < -0.3 is 15.4 Å². The number of fused-ring (bicyclic) bond motifs is 1. The summed E-state index contributed by atoms with van der Waals surface area (Å²) in [6.07, 6.45) is 1.93. The topological polar surface area (TPSA) is 105 Å². The van der Waals surface area contributed by atoms with Crippen LogP contribution in [0.5, 0.6) is 5.75 Å². The van der Waals surface area contributed by atoms with E-state index in [1.54, 1.807) is 30.8 Å². The van der Waals surface area contributed by atoms with Gasteiger partial charge in [-0.05, 0) is 43.0 Å². The molecule has 0 aliphatic carbocycles. The molecule has 2 N–H and O–H groups in total. The molecular formula is C19H21N3O5S2. The molecule has 0 aromatic heterocycles. The van der Waals surface area contributed by atoms with Gasteiger partial charge in [-0.1, -0.05) is 6.07 Å². The Morgan fingerprint density at radius 1 is 1.31 bits per heavy atom. The van der Waals surface area contributed by atoms with Crippen molar-refractivity contribution in [3.8, 4) is 5.75 Å². The summed E-state index contributed by atoms with van der Waals surface area (Å²) in [5, 5.41) is 5.35. The highest BCUT2D eigenvalue weighted by molar-refractivity contribution is 7.98. The maximum absolute atomic E-state index is 13.0. The van der Waals surface area contributed by atoms with Crippen molar-refractivity contribution in [1.82, 2.24) is 4.31 Å². The molecule has 29 heavy (non-hydrogen) atoms. The van der Waals surface area contributed by atoms with Gasteiger partial charge in [-0.3, -0.25) is 9.59 Å². The Morgan fingerprint density at radius 2 is 2.07 bits per heavy atom. The Morgan fingerprint density at radius 3 is 2.79 bits per heavy atom. The standard InChI is InChI=1S/C19H21N3O5S2/c1-12-7-15-16(27-11-19(24)21-15)9-17(12)29(25,26)22(2)10-18(23)20-13-5-4-6-14(8-13)28-3/h4-9H,10-11H2,1-3H3,(H,20,23)(H,21,24).